The average molecular weight is 253 g/mol. The lowest BCUT2D eigenvalue weighted by Crippen LogP contribution is -1.96. The van der Waals surface area contributed by atoms with Gasteiger partial charge in [0.2, 0.25) is 0 Å². The van der Waals surface area contributed by atoms with Crippen molar-refractivity contribution in [2.45, 2.75) is 13.5 Å². The van der Waals surface area contributed by atoms with Gasteiger partial charge in [-0.1, -0.05) is 30.3 Å². The molecule has 0 spiro atoms. The molecule has 0 bridgehead atoms. The Morgan fingerprint density at radius 3 is 2.79 bits per heavy atom. The Morgan fingerprint density at radius 1 is 1.11 bits per heavy atom. The zero-order valence-corrected chi connectivity index (χ0v) is 10.7. The monoisotopic (exact) mass is 253 g/mol. The Balaban J connectivity index is 1.87. The van der Waals surface area contributed by atoms with Crippen molar-refractivity contribution in [1.29, 1.82) is 0 Å². The lowest BCUT2D eigenvalue weighted by atomic mass is 10.1. The summed E-state index contributed by atoms with van der Waals surface area (Å²) < 4.78 is 11.3. The number of para-hydroxylation sites is 2. The second-order valence-corrected chi connectivity index (χ2v) is 4.54. The number of fused-ring (bicyclic) bond motifs is 1. The van der Waals surface area contributed by atoms with Crippen molar-refractivity contribution in [1.82, 2.24) is 0 Å². The van der Waals surface area contributed by atoms with Crippen LogP contribution in [0.15, 0.2) is 53.1 Å². The molecule has 0 aliphatic rings. The van der Waals surface area contributed by atoms with Gasteiger partial charge in [-0.15, -0.1) is 0 Å². The minimum Gasteiger partial charge on any atom is -0.488 e. The minimum atomic E-state index is 0.474. The van der Waals surface area contributed by atoms with E-state index in [1.807, 2.05) is 49.4 Å². The number of hydrogen-bond donors (Lipinski definition) is 1. The van der Waals surface area contributed by atoms with E-state index < -0.39 is 0 Å². The Morgan fingerprint density at radius 2 is 1.95 bits per heavy atom. The van der Waals surface area contributed by atoms with Crippen LogP contribution >= 0.6 is 0 Å². The summed E-state index contributed by atoms with van der Waals surface area (Å²) in [5.74, 6) is 0.890. The highest BCUT2D eigenvalue weighted by Gasteiger charge is 2.09. The van der Waals surface area contributed by atoms with Crippen LogP contribution in [0.1, 0.15) is 11.1 Å². The van der Waals surface area contributed by atoms with E-state index in [2.05, 4.69) is 0 Å². The fraction of sp³-hybridized carbons (Fsp3) is 0.125. The molecule has 0 atom stereocenters. The first-order valence-corrected chi connectivity index (χ1v) is 6.18. The molecule has 1 heterocycles. The van der Waals surface area contributed by atoms with E-state index in [4.69, 9.17) is 14.9 Å². The summed E-state index contributed by atoms with van der Waals surface area (Å²) in [6.07, 6.45) is 1.71. The fourth-order valence-corrected chi connectivity index (χ4v) is 2.12. The third-order valence-corrected chi connectivity index (χ3v) is 3.19. The summed E-state index contributed by atoms with van der Waals surface area (Å²) in [5, 5.41) is 1.01. The van der Waals surface area contributed by atoms with Crippen molar-refractivity contribution in [3.05, 3.63) is 59.9 Å². The topological polar surface area (TPSA) is 48.4 Å². The van der Waals surface area contributed by atoms with Gasteiger partial charge in [0.1, 0.15) is 12.4 Å². The molecule has 0 fully saturated rings. The molecule has 3 heteroatoms. The number of benzene rings is 2. The molecular weight excluding hydrogens is 238 g/mol. The maximum absolute atomic E-state index is 5.87. The van der Waals surface area contributed by atoms with Crippen LogP contribution in [0.25, 0.3) is 11.0 Å². The largest absolute Gasteiger partial charge is 0.488 e. The summed E-state index contributed by atoms with van der Waals surface area (Å²) in [4.78, 5) is 0. The van der Waals surface area contributed by atoms with E-state index in [0.717, 1.165) is 27.8 Å². The summed E-state index contributed by atoms with van der Waals surface area (Å²) in [6.45, 7) is 2.50. The van der Waals surface area contributed by atoms with Gasteiger partial charge in [-0.25, -0.2) is 0 Å². The average Bonchev–Trinajstić information content (AvgIpc) is 2.83. The highest BCUT2D eigenvalue weighted by atomic mass is 16.5. The molecule has 2 aromatic carbocycles. The SMILES string of the molecule is Cc1ccccc1OCc1coc2c(N)cccc12. The first-order valence-electron chi connectivity index (χ1n) is 6.18. The van der Waals surface area contributed by atoms with Crippen molar-refractivity contribution in [3.8, 4) is 5.75 Å². The highest BCUT2D eigenvalue weighted by Crippen LogP contribution is 2.27. The predicted octanol–water partition coefficient (Wildman–Crippen LogP) is 3.90. The smallest absolute Gasteiger partial charge is 0.157 e. The first kappa shape index (κ1) is 11.7. The van der Waals surface area contributed by atoms with E-state index >= 15 is 0 Å². The van der Waals surface area contributed by atoms with Gasteiger partial charge < -0.3 is 14.9 Å². The van der Waals surface area contributed by atoms with Gasteiger partial charge >= 0.3 is 0 Å². The van der Waals surface area contributed by atoms with Crippen molar-refractivity contribution in [2.24, 2.45) is 0 Å². The summed E-state index contributed by atoms with van der Waals surface area (Å²) in [7, 11) is 0. The molecule has 0 saturated carbocycles. The zero-order chi connectivity index (χ0) is 13.2. The maximum Gasteiger partial charge on any atom is 0.157 e. The zero-order valence-electron chi connectivity index (χ0n) is 10.7. The number of nitrogens with two attached hydrogens (primary N) is 1. The predicted molar refractivity (Wildman–Crippen MR) is 76.1 cm³/mol. The van der Waals surface area contributed by atoms with Crippen molar-refractivity contribution < 1.29 is 9.15 Å². The Bertz CT molecular complexity index is 716. The van der Waals surface area contributed by atoms with Crippen LogP contribution in [0.4, 0.5) is 5.69 Å². The molecule has 96 valence electrons. The van der Waals surface area contributed by atoms with Crippen LogP contribution < -0.4 is 10.5 Å². The number of rotatable bonds is 3. The van der Waals surface area contributed by atoms with Crippen LogP contribution in [0.3, 0.4) is 0 Å². The van der Waals surface area contributed by atoms with Crippen molar-refractivity contribution >= 4 is 16.7 Å². The molecule has 1 aromatic heterocycles. The molecule has 0 unspecified atom stereocenters. The molecule has 0 amide bonds. The van der Waals surface area contributed by atoms with Crippen LogP contribution in [0.2, 0.25) is 0 Å². The fourth-order valence-electron chi connectivity index (χ4n) is 2.12. The van der Waals surface area contributed by atoms with Crippen molar-refractivity contribution in [2.75, 3.05) is 5.73 Å². The maximum atomic E-state index is 5.87. The number of furan rings is 1. The van der Waals surface area contributed by atoms with E-state index in [-0.39, 0.29) is 0 Å². The molecule has 2 N–H and O–H groups in total. The number of nitrogen functional groups attached to an aromatic ring is 1. The Labute approximate surface area is 111 Å². The van der Waals surface area contributed by atoms with Crippen LogP contribution in [-0.2, 0) is 6.61 Å². The van der Waals surface area contributed by atoms with Crippen LogP contribution in [-0.4, -0.2) is 0 Å². The molecular formula is C16H15NO2. The molecule has 3 aromatic rings. The summed E-state index contributed by atoms with van der Waals surface area (Å²) in [5.41, 5.74) is 9.37. The van der Waals surface area contributed by atoms with Crippen LogP contribution in [0.5, 0.6) is 5.75 Å². The number of ether oxygens (including phenoxy) is 1. The molecule has 3 rings (SSSR count). The molecule has 0 saturated heterocycles. The highest BCUT2D eigenvalue weighted by molar-refractivity contribution is 5.90. The molecule has 0 aliphatic carbocycles. The Hall–Kier alpha value is -2.42. The van der Waals surface area contributed by atoms with Gasteiger partial charge in [0.15, 0.2) is 5.58 Å². The third kappa shape index (κ3) is 2.15. The van der Waals surface area contributed by atoms with Gasteiger partial charge in [0.05, 0.1) is 12.0 Å². The third-order valence-electron chi connectivity index (χ3n) is 3.19. The second kappa shape index (κ2) is 4.69. The van der Waals surface area contributed by atoms with Gasteiger partial charge in [0.25, 0.3) is 0 Å². The summed E-state index contributed by atoms with van der Waals surface area (Å²) in [6, 6.07) is 13.7. The molecule has 0 radical (unpaired) electrons. The quantitative estimate of drug-likeness (QED) is 0.720. The molecule has 0 aliphatic heterocycles. The number of hydrogen-bond acceptors (Lipinski definition) is 3. The standard InChI is InChI=1S/C16H15NO2/c1-11-5-2-3-8-15(11)18-9-12-10-19-16-13(12)6-4-7-14(16)17/h2-8,10H,9,17H2,1H3. The Kier molecular flexibility index (Phi) is 2.88. The second-order valence-electron chi connectivity index (χ2n) is 4.54. The molecule has 19 heavy (non-hydrogen) atoms. The van der Waals surface area contributed by atoms with E-state index in [0.29, 0.717) is 12.3 Å². The number of anilines is 1. The van der Waals surface area contributed by atoms with Gasteiger partial charge in [-0.05, 0) is 24.6 Å². The van der Waals surface area contributed by atoms with Gasteiger partial charge in [0, 0.05) is 10.9 Å². The van der Waals surface area contributed by atoms with Crippen LogP contribution in [0, 0.1) is 6.92 Å². The van der Waals surface area contributed by atoms with Crippen molar-refractivity contribution in [3.63, 3.8) is 0 Å². The normalized spacial score (nSPS) is 10.8. The summed E-state index contributed by atoms with van der Waals surface area (Å²) >= 11 is 0. The van der Waals surface area contributed by atoms with E-state index in [1.165, 1.54) is 0 Å². The van der Waals surface area contributed by atoms with E-state index in [1.54, 1.807) is 6.26 Å². The van der Waals surface area contributed by atoms with E-state index in [9.17, 15) is 0 Å². The van der Waals surface area contributed by atoms with Gasteiger partial charge in [-0.2, -0.15) is 0 Å². The minimum absolute atomic E-state index is 0.474. The lowest BCUT2D eigenvalue weighted by Gasteiger charge is -2.07. The molecule has 3 nitrogen and oxygen atoms in total. The van der Waals surface area contributed by atoms with Gasteiger partial charge in [-0.3, -0.25) is 0 Å². The first-order chi connectivity index (χ1) is 9.25. The lowest BCUT2D eigenvalue weighted by molar-refractivity contribution is 0.304. The number of aryl methyl sites for hydroxylation is 1.